The molecule has 102 valence electrons. The van der Waals surface area contributed by atoms with Gasteiger partial charge in [0.05, 0.1) is 5.54 Å². The van der Waals surface area contributed by atoms with Crippen LogP contribution in [0, 0.1) is 0 Å². The second kappa shape index (κ2) is 8.51. The van der Waals surface area contributed by atoms with Crippen molar-refractivity contribution in [2.45, 2.75) is 37.5 Å². The first-order valence-electron chi connectivity index (χ1n) is 5.83. The predicted molar refractivity (Wildman–Crippen MR) is 81.3 cm³/mol. The Morgan fingerprint density at radius 1 is 1.53 bits per heavy atom. The summed E-state index contributed by atoms with van der Waals surface area (Å²) in [6.07, 6.45) is 1.68. The van der Waals surface area contributed by atoms with Gasteiger partial charge in [0.2, 0.25) is 5.91 Å². The van der Waals surface area contributed by atoms with Gasteiger partial charge in [0.1, 0.15) is 0 Å². The summed E-state index contributed by atoms with van der Waals surface area (Å²) in [5, 5.41) is 3.54. The molecule has 0 spiro atoms. The molecule has 0 bridgehead atoms. The molecular weight excluding hydrogens is 276 g/mol. The molecule has 1 rings (SSSR count). The molecule has 1 amide bonds. The highest BCUT2D eigenvalue weighted by Crippen LogP contribution is 2.23. The average Bonchev–Trinajstić information content (AvgIpc) is 2.27. The maximum atomic E-state index is 11.8. The minimum Gasteiger partial charge on any atom is -0.353 e. The van der Waals surface area contributed by atoms with Crippen LogP contribution in [-0.2, 0) is 4.79 Å². The Kier molecular flexibility index (Phi) is 8.72. The topological polar surface area (TPSA) is 55.1 Å². The number of thioether (sulfide) groups is 2. The molecule has 17 heavy (non-hydrogen) atoms. The van der Waals surface area contributed by atoms with Crippen molar-refractivity contribution in [3.05, 3.63) is 0 Å². The van der Waals surface area contributed by atoms with Gasteiger partial charge >= 0.3 is 0 Å². The van der Waals surface area contributed by atoms with Crippen molar-refractivity contribution in [2.75, 3.05) is 23.8 Å². The minimum atomic E-state index is -0.707. The molecule has 1 fully saturated rings. The van der Waals surface area contributed by atoms with Gasteiger partial charge in [-0.1, -0.05) is 13.3 Å². The highest BCUT2D eigenvalue weighted by molar-refractivity contribution is 8.06. The van der Waals surface area contributed by atoms with E-state index in [1.807, 2.05) is 37.4 Å². The first kappa shape index (κ1) is 17.4. The summed E-state index contributed by atoms with van der Waals surface area (Å²) in [6.45, 7) is 4.62. The fourth-order valence-electron chi connectivity index (χ4n) is 1.70. The third kappa shape index (κ3) is 6.22. The van der Waals surface area contributed by atoms with E-state index in [2.05, 4.69) is 5.32 Å². The molecule has 1 saturated heterocycles. The SMILES string of the molecule is CCCC(C)(N)C(=O)NCC1CSCCS1.Cl. The van der Waals surface area contributed by atoms with Crippen LogP contribution in [0.4, 0.5) is 0 Å². The molecule has 0 radical (unpaired) electrons. The quantitative estimate of drug-likeness (QED) is 0.814. The molecule has 1 aliphatic heterocycles. The Balaban J connectivity index is 0.00000256. The Bertz CT molecular complexity index is 234. The van der Waals surface area contributed by atoms with Crippen molar-refractivity contribution in [2.24, 2.45) is 5.73 Å². The lowest BCUT2D eigenvalue weighted by molar-refractivity contribution is -0.126. The number of nitrogens with one attached hydrogen (secondary N) is 1. The van der Waals surface area contributed by atoms with E-state index in [-0.39, 0.29) is 18.3 Å². The van der Waals surface area contributed by atoms with E-state index in [0.29, 0.717) is 5.25 Å². The second-order valence-corrected chi connectivity index (χ2v) is 7.00. The normalized spacial score (nSPS) is 23.4. The summed E-state index contributed by atoms with van der Waals surface area (Å²) in [6, 6.07) is 0. The van der Waals surface area contributed by atoms with Crippen LogP contribution in [0.25, 0.3) is 0 Å². The molecule has 0 aromatic carbocycles. The van der Waals surface area contributed by atoms with Gasteiger partial charge in [-0.15, -0.1) is 12.4 Å². The lowest BCUT2D eigenvalue weighted by Gasteiger charge is -2.26. The molecule has 0 aliphatic carbocycles. The monoisotopic (exact) mass is 298 g/mol. The first-order chi connectivity index (χ1) is 7.56. The molecule has 6 heteroatoms. The highest BCUT2D eigenvalue weighted by Gasteiger charge is 2.27. The Labute approximate surface area is 119 Å². The Morgan fingerprint density at radius 3 is 2.76 bits per heavy atom. The van der Waals surface area contributed by atoms with E-state index in [4.69, 9.17) is 5.73 Å². The summed E-state index contributed by atoms with van der Waals surface area (Å²) < 4.78 is 0. The van der Waals surface area contributed by atoms with Crippen LogP contribution in [0.2, 0.25) is 0 Å². The highest BCUT2D eigenvalue weighted by atomic mass is 35.5. The number of hydrogen-bond donors (Lipinski definition) is 2. The van der Waals surface area contributed by atoms with Crippen LogP contribution in [0.1, 0.15) is 26.7 Å². The van der Waals surface area contributed by atoms with Crippen LogP contribution in [0.15, 0.2) is 0 Å². The first-order valence-corrected chi connectivity index (χ1v) is 8.03. The van der Waals surface area contributed by atoms with Crippen molar-refractivity contribution < 1.29 is 4.79 Å². The number of rotatable bonds is 5. The van der Waals surface area contributed by atoms with Crippen molar-refractivity contribution in [1.29, 1.82) is 0 Å². The van der Waals surface area contributed by atoms with Gasteiger partial charge in [0.25, 0.3) is 0 Å². The second-order valence-electron chi connectivity index (χ2n) is 4.45. The van der Waals surface area contributed by atoms with E-state index in [0.717, 1.165) is 25.1 Å². The van der Waals surface area contributed by atoms with Gasteiger partial charge in [0, 0.05) is 29.1 Å². The van der Waals surface area contributed by atoms with Crippen molar-refractivity contribution in [3.8, 4) is 0 Å². The molecule has 0 aromatic rings. The van der Waals surface area contributed by atoms with Gasteiger partial charge in [-0.2, -0.15) is 23.5 Å². The average molecular weight is 299 g/mol. The van der Waals surface area contributed by atoms with E-state index in [9.17, 15) is 4.79 Å². The molecule has 3 nitrogen and oxygen atoms in total. The van der Waals surface area contributed by atoms with Crippen molar-refractivity contribution in [1.82, 2.24) is 5.32 Å². The van der Waals surface area contributed by atoms with Crippen LogP contribution >= 0.6 is 35.9 Å². The summed E-state index contributed by atoms with van der Waals surface area (Å²) in [5.41, 5.74) is 5.26. The van der Waals surface area contributed by atoms with Crippen molar-refractivity contribution >= 4 is 41.8 Å². The number of carbonyl (C=O) groups excluding carboxylic acids is 1. The molecule has 3 N–H and O–H groups in total. The molecule has 1 aliphatic rings. The van der Waals surface area contributed by atoms with Gasteiger partial charge in [0.15, 0.2) is 0 Å². The molecule has 0 aromatic heterocycles. The van der Waals surface area contributed by atoms with E-state index < -0.39 is 5.54 Å². The Hall–Kier alpha value is 0.420. The molecule has 1 heterocycles. The van der Waals surface area contributed by atoms with Gasteiger partial charge in [-0.3, -0.25) is 4.79 Å². The number of nitrogens with two attached hydrogens (primary N) is 1. The Morgan fingerprint density at radius 2 is 2.24 bits per heavy atom. The standard InChI is InChI=1S/C11H22N2OS2.ClH/c1-3-4-11(2,12)10(14)13-7-9-8-15-5-6-16-9;/h9H,3-8,12H2,1-2H3,(H,13,14);1H. The zero-order valence-electron chi connectivity index (χ0n) is 10.5. The minimum absolute atomic E-state index is 0. The van der Waals surface area contributed by atoms with Gasteiger partial charge in [-0.25, -0.2) is 0 Å². The van der Waals surface area contributed by atoms with Gasteiger partial charge in [-0.05, 0) is 13.3 Å². The van der Waals surface area contributed by atoms with Crippen LogP contribution in [-0.4, -0.2) is 40.5 Å². The smallest absolute Gasteiger partial charge is 0.239 e. The zero-order chi connectivity index (χ0) is 12.0. The largest absolute Gasteiger partial charge is 0.353 e. The van der Waals surface area contributed by atoms with Gasteiger partial charge < -0.3 is 11.1 Å². The summed E-state index contributed by atoms with van der Waals surface area (Å²) in [7, 11) is 0. The fraction of sp³-hybridized carbons (Fsp3) is 0.909. The van der Waals surface area contributed by atoms with Crippen LogP contribution < -0.4 is 11.1 Å². The summed E-state index contributed by atoms with van der Waals surface area (Å²) in [4.78, 5) is 11.8. The zero-order valence-corrected chi connectivity index (χ0v) is 13.0. The summed E-state index contributed by atoms with van der Waals surface area (Å²) >= 11 is 3.92. The lowest BCUT2D eigenvalue weighted by atomic mass is 9.96. The number of hydrogen-bond acceptors (Lipinski definition) is 4. The van der Waals surface area contributed by atoms with Crippen LogP contribution in [0.5, 0.6) is 0 Å². The molecule has 2 unspecified atom stereocenters. The van der Waals surface area contributed by atoms with E-state index in [1.54, 1.807) is 0 Å². The maximum Gasteiger partial charge on any atom is 0.239 e. The number of amides is 1. The number of carbonyl (C=O) groups is 1. The van der Waals surface area contributed by atoms with Crippen molar-refractivity contribution in [3.63, 3.8) is 0 Å². The molecular formula is C11H23ClN2OS2. The third-order valence-electron chi connectivity index (χ3n) is 2.66. The lowest BCUT2D eigenvalue weighted by Crippen LogP contribution is -2.52. The molecule has 2 atom stereocenters. The number of halogens is 1. The predicted octanol–water partition coefficient (Wildman–Crippen LogP) is 1.89. The maximum absolute atomic E-state index is 11.8. The fourth-order valence-corrected chi connectivity index (χ4v) is 4.31. The van der Waals surface area contributed by atoms with E-state index >= 15 is 0 Å². The third-order valence-corrected chi connectivity index (χ3v) is 5.51. The summed E-state index contributed by atoms with van der Waals surface area (Å²) in [5.74, 6) is 3.56. The molecule has 0 saturated carbocycles. The van der Waals surface area contributed by atoms with Crippen LogP contribution in [0.3, 0.4) is 0 Å². The van der Waals surface area contributed by atoms with E-state index in [1.165, 1.54) is 11.5 Å².